The molecule has 1 aliphatic heterocycles. The Morgan fingerprint density at radius 2 is 1.95 bits per heavy atom. The number of rotatable bonds is 2. The van der Waals surface area contributed by atoms with Gasteiger partial charge in [0.1, 0.15) is 0 Å². The Kier molecular flexibility index (Phi) is 3.68. The molecule has 1 N–H and O–H groups in total. The second-order valence-electron chi connectivity index (χ2n) is 6.48. The third-order valence-electron chi connectivity index (χ3n) is 4.22. The van der Waals surface area contributed by atoms with Gasteiger partial charge in [-0.2, -0.15) is 0 Å². The van der Waals surface area contributed by atoms with Gasteiger partial charge in [0.2, 0.25) is 0 Å². The van der Waals surface area contributed by atoms with Crippen molar-refractivity contribution < 1.29 is 0 Å². The molecule has 0 aliphatic carbocycles. The third kappa shape index (κ3) is 2.93. The molecule has 0 saturated carbocycles. The predicted molar refractivity (Wildman–Crippen MR) is 87.6 cm³/mol. The lowest BCUT2D eigenvalue weighted by Crippen LogP contribution is -2.58. The maximum atomic E-state index is 4.33. The molecular formula is C18H23N3. The average molecular weight is 281 g/mol. The van der Waals surface area contributed by atoms with E-state index in [9.17, 15) is 0 Å². The van der Waals surface area contributed by atoms with Crippen molar-refractivity contribution in [3.05, 3.63) is 59.9 Å². The van der Waals surface area contributed by atoms with E-state index in [0.29, 0.717) is 6.04 Å². The van der Waals surface area contributed by atoms with Crippen LogP contribution in [0.3, 0.4) is 0 Å². The molecule has 3 rings (SSSR count). The van der Waals surface area contributed by atoms with Crippen LogP contribution in [0.25, 0.3) is 0 Å². The molecule has 1 fully saturated rings. The molecule has 2 heterocycles. The molecule has 0 radical (unpaired) electrons. The normalized spacial score (nSPS) is 21.3. The quantitative estimate of drug-likeness (QED) is 0.915. The topological polar surface area (TPSA) is 28.2 Å². The van der Waals surface area contributed by atoms with Gasteiger partial charge in [-0.1, -0.05) is 30.3 Å². The van der Waals surface area contributed by atoms with Crippen molar-refractivity contribution in [1.29, 1.82) is 0 Å². The molecule has 1 aliphatic rings. The second-order valence-corrected chi connectivity index (χ2v) is 6.48. The number of benzene rings is 1. The Balaban J connectivity index is 2.01. The molecule has 3 heteroatoms. The zero-order valence-corrected chi connectivity index (χ0v) is 13.0. The third-order valence-corrected chi connectivity index (χ3v) is 4.22. The first-order chi connectivity index (χ1) is 10.1. The van der Waals surface area contributed by atoms with Crippen LogP contribution in [-0.4, -0.2) is 23.6 Å². The van der Waals surface area contributed by atoms with E-state index in [1.807, 2.05) is 12.4 Å². The van der Waals surface area contributed by atoms with E-state index in [1.54, 1.807) is 0 Å². The minimum atomic E-state index is 0.105. The van der Waals surface area contributed by atoms with Crippen molar-refractivity contribution in [3.8, 4) is 0 Å². The minimum Gasteiger partial charge on any atom is -0.360 e. The van der Waals surface area contributed by atoms with E-state index >= 15 is 0 Å². The first-order valence-electron chi connectivity index (χ1n) is 7.54. The van der Waals surface area contributed by atoms with Crippen LogP contribution in [0.1, 0.15) is 31.0 Å². The summed E-state index contributed by atoms with van der Waals surface area (Å²) in [5, 5.41) is 3.66. The number of piperazine rings is 1. The molecule has 21 heavy (non-hydrogen) atoms. The predicted octanol–water partition coefficient (Wildman–Crippen LogP) is 3.32. The van der Waals surface area contributed by atoms with Gasteiger partial charge in [-0.3, -0.25) is 4.98 Å². The van der Waals surface area contributed by atoms with Gasteiger partial charge in [0.15, 0.2) is 0 Å². The van der Waals surface area contributed by atoms with Crippen molar-refractivity contribution in [2.45, 2.75) is 32.4 Å². The van der Waals surface area contributed by atoms with Crippen LogP contribution in [0, 0.1) is 6.92 Å². The fourth-order valence-electron chi connectivity index (χ4n) is 3.06. The lowest BCUT2D eigenvalue weighted by Gasteiger charge is -2.46. The second kappa shape index (κ2) is 5.49. The van der Waals surface area contributed by atoms with Crippen LogP contribution < -0.4 is 10.2 Å². The summed E-state index contributed by atoms with van der Waals surface area (Å²) < 4.78 is 0. The SMILES string of the molecule is Cc1ccncc1N1CC(C)(C)NCC1c1ccccc1. The van der Waals surface area contributed by atoms with Gasteiger partial charge in [0.05, 0.1) is 17.9 Å². The zero-order valence-electron chi connectivity index (χ0n) is 13.0. The summed E-state index contributed by atoms with van der Waals surface area (Å²) in [5.74, 6) is 0. The van der Waals surface area contributed by atoms with E-state index in [4.69, 9.17) is 0 Å². The Labute approximate surface area is 127 Å². The van der Waals surface area contributed by atoms with E-state index in [1.165, 1.54) is 16.8 Å². The van der Waals surface area contributed by atoms with Crippen molar-refractivity contribution in [2.75, 3.05) is 18.0 Å². The van der Waals surface area contributed by atoms with Gasteiger partial charge in [-0.15, -0.1) is 0 Å². The van der Waals surface area contributed by atoms with Gasteiger partial charge in [-0.25, -0.2) is 0 Å². The number of aromatic nitrogens is 1. The lowest BCUT2D eigenvalue weighted by atomic mass is 9.94. The first kappa shape index (κ1) is 14.1. The van der Waals surface area contributed by atoms with Crippen LogP contribution in [0.15, 0.2) is 48.8 Å². The summed E-state index contributed by atoms with van der Waals surface area (Å²) >= 11 is 0. The molecule has 110 valence electrons. The van der Waals surface area contributed by atoms with Crippen LogP contribution >= 0.6 is 0 Å². The standard InChI is InChI=1S/C18H23N3/c1-14-9-10-19-11-16(14)21-13-18(2,3)20-12-17(21)15-7-5-4-6-8-15/h4-11,17,20H,12-13H2,1-3H3. The minimum absolute atomic E-state index is 0.105. The average Bonchev–Trinajstić information content (AvgIpc) is 2.48. The van der Waals surface area contributed by atoms with E-state index in [2.05, 4.69) is 72.4 Å². The molecule has 1 unspecified atom stereocenters. The molecule has 1 atom stereocenters. The van der Waals surface area contributed by atoms with Crippen LogP contribution in [0.5, 0.6) is 0 Å². The summed E-state index contributed by atoms with van der Waals surface area (Å²) in [5.41, 5.74) is 3.97. The van der Waals surface area contributed by atoms with Gasteiger partial charge >= 0.3 is 0 Å². The summed E-state index contributed by atoms with van der Waals surface area (Å²) in [4.78, 5) is 6.83. The van der Waals surface area contributed by atoms with Crippen LogP contribution in [-0.2, 0) is 0 Å². The Bertz CT molecular complexity index is 607. The van der Waals surface area contributed by atoms with E-state index < -0.39 is 0 Å². The maximum absolute atomic E-state index is 4.33. The summed E-state index contributed by atoms with van der Waals surface area (Å²) in [6.45, 7) is 8.60. The van der Waals surface area contributed by atoms with E-state index in [0.717, 1.165) is 13.1 Å². The molecular weight excluding hydrogens is 258 g/mol. The number of hydrogen-bond acceptors (Lipinski definition) is 3. The highest BCUT2D eigenvalue weighted by Gasteiger charge is 2.34. The fraction of sp³-hybridized carbons (Fsp3) is 0.389. The van der Waals surface area contributed by atoms with Gasteiger partial charge in [-0.05, 0) is 38.0 Å². The monoisotopic (exact) mass is 281 g/mol. The van der Waals surface area contributed by atoms with Crippen molar-refractivity contribution in [2.24, 2.45) is 0 Å². The van der Waals surface area contributed by atoms with Gasteiger partial charge < -0.3 is 10.2 Å². The van der Waals surface area contributed by atoms with Crippen molar-refractivity contribution in [1.82, 2.24) is 10.3 Å². The van der Waals surface area contributed by atoms with Crippen LogP contribution in [0.4, 0.5) is 5.69 Å². The Morgan fingerprint density at radius 1 is 1.19 bits per heavy atom. The number of pyridine rings is 1. The largest absolute Gasteiger partial charge is 0.360 e. The highest BCUT2D eigenvalue weighted by Crippen LogP contribution is 2.33. The summed E-state index contributed by atoms with van der Waals surface area (Å²) in [6.07, 6.45) is 3.86. The Morgan fingerprint density at radius 3 is 2.67 bits per heavy atom. The maximum Gasteiger partial charge on any atom is 0.0668 e. The zero-order chi connectivity index (χ0) is 14.9. The molecule has 0 bridgehead atoms. The number of anilines is 1. The highest BCUT2D eigenvalue weighted by molar-refractivity contribution is 5.54. The van der Waals surface area contributed by atoms with Crippen molar-refractivity contribution in [3.63, 3.8) is 0 Å². The number of nitrogens with one attached hydrogen (secondary N) is 1. The Hall–Kier alpha value is -1.87. The van der Waals surface area contributed by atoms with Crippen molar-refractivity contribution >= 4 is 5.69 Å². The molecule has 0 spiro atoms. The molecule has 2 aromatic rings. The fourth-order valence-corrected chi connectivity index (χ4v) is 3.06. The van der Waals surface area contributed by atoms with E-state index in [-0.39, 0.29) is 5.54 Å². The molecule has 1 saturated heterocycles. The smallest absolute Gasteiger partial charge is 0.0668 e. The highest BCUT2D eigenvalue weighted by atomic mass is 15.3. The molecule has 1 aromatic heterocycles. The number of aryl methyl sites for hydroxylation is 1. The first-order valence-corrected chi connectivity index (χ1v) is 7.54. The van der Waals surface area contributed by atoms with Gasteiger partial charge in [0, 0.05) is 24.8 Å². The number of hydrogen-bond donors (Lipinski definition) is 1. The summed E-state index contributed by atoms with van der Waals surface area (Å²) in [7, 11) is 0. The molecule has 3 nitrogen and oxygen atoms in total. The van der Waals surface area contributed by atoms with Crippen LogP contribution in [0.2, 0.25) is 0 Å². The molecule has 0 amide bonds. The van der Waals surface area contributed by atoms with Gasteiger partial charge in [0.25, 0.3) is 0 Å². The lowest BCUT2D eigenvalue weighted by molar-refractivity contribution is 0.312. The molecule has 1 aromatic carbocycles. The summed E-state index contributed by atoms with van der Waals surface area (Å²) in [6, 6.07) is 13.2. The number of nitrogens with zero attached hydrogens (tertiary/aromatic N) is 2.